The Morgan fingerprint density at radius 1 is 1.53 bits per heavy atom. The molecule has 0 bridgehead atoms. The summed E-state index contributed by atoms with van der Waals surface area (Å²) in [5.74, 6) is 0. The lowest BCUT2D eigenvalue weighted by molar-refractivity contribution is 0.541. The number of rotatable bonds is 5. The molecule has 2 atom stereocenters. The van der Waals surface area contributed by atoms with E-state index in [0.29, 0.717) is 12.1 Å². The van der Waals surface area contributed by atoms with Crippen molar-refractivity contribution in [1.29, 1.82) is 0 Å². The van der Waals surface area contributed by atoms with Gasteiger partial charge in [0.15, 0.2) is 0 Å². The molecule has 0 radical (unpaired) electrons. The molecule has 1 heterocycles. The minimum atomic E-state index is 0.339. The van der Waals surface area contributed by atoms with Crippen molar-refractivity contribution in [3.8, 4) is 0 Å². The van der Waals surface area contributed by atoms with Crippen LogP contribution in [0.1, 0.15) is 42.4 Å². The minimum absolute atomic E-state index is 0.339. The monoisotopic (exact) mass is 224 g/mol. The molecule has 0 spiro atoms. The molecule has 1 N–H and O–H groups in total. The lowest BCUT2D eigenvalue weighted by atomic mass is 10.2. The van der Waals surface area contributed by atoms with E-state index >= 15 is 0 Å². The van der Waals surface area contributed by atoms with Crippen molar-refractivity contribution in [1.82, 2.24) is 10.3 Å². The molecule has 15 heavy (non-hydrogen) atoms. The average molecular weight is 224 g/mol. The van der Waals surface area contributed by atoms with Crippen LogP contribution < -0.4 is 5.32 Å². The first-order valence-electron chi connectivity index (χ1n) is 5.43. The van der Waals surface area contributed by atoms with E-state index in [1.165, 1.54) is 9.88 Å². The second-order valence-electron chi connectivity index (χ2n) is 3.82. The number of nitrogens with one attached hydrogen (secondary N) is 1. The summed E-state index contributed by atoms with van der Waals surface area (Å²) in [7, 11) is 0. The Labute approximate surface area is 96.4 Å². The first-order valence-corrected chi connectivity index (χ1v) is 6.24. The van der Waals surface area contributed by atoms with Crippen LogP contribution in [0.15, 0.2) is 12.7 Å². The third kappa shape index (κ3) is 3.14. The summed E-state index contributed by atoms with van der Waals surface area (Å²) in [4.78, 5) is 5.88. The molecule has 0 aromatic carbocycles. The van der Waals surface area contributed by atoms with Crippen molar-refractivity contribution in [2.45, 2.75) is 46.2 Å². The Hall–Kier alpha value is -0.670. The van der Waals surface area contributed by atoms with Crippen LogP contribution in [-0.4, -0.2) is 11.0 Å². The maximum atomic E-state index is 4.54. The molecule has 1 aromatic heterocycles. The molecule has 0 aliphatic heterocycles. The topological polar surface area (TPSA) is 24.9 Å². The zero-order chi connectivity index (χ0) is 11.4. The van der Waals surface area contributed by atoms with E-state index in [1.54, 1.807) is 0 Å². The first kappa shape index (κ1) is 12.4. The molecule has 3 heteroatoms. The number of nitrogens with zero attached hydrogens (tertiary/aromatic N) is 1. The molecule has 2 unspecified atom stereocenters. The Bertz CT molecular complexity index is 330. The van der Waals surface area contributed by atoms with Gasteiger partial charge in [-0.15, -0.1) is 17.9 Å². The highest BCUT2D eigenvalue weighted by Crippen LogP contribution is 2.25. The summed E-state index contributed by atoms with van der Waals surface area (Å²) in [5.41, 5.74) is 1.16. The second kappa shape index (κ2) is 5.42. The summed E-state index contributed by atoms with van der Waals surface area (Å²) < 4.78 is 0. The van der Waals surface area contributed by atoms with Crippen molar-refractivity contribution in [2.24, 2.45) is 0 Å². The molecular formula is C12H20N2S. The number of aromatic nitrogens is 1. The Morgan fingerprint density at radius 3 is 2.67 bits per heavy atom. The summed E-state index contributed by atoms with van der Waals surface area (Å²) >= 11 is 1.81. The molecule has 0 saturated carbocycles. The van der Waals surface area contributed by atoms with Crippen LogP contribution in [0.5, 0.6) is 0 Å². The van der Waals surface area contributed by atoms with Crippen LogP contribution in [0.25, 0.3) is 0 Å². The normalized spacial score (nSPS) is 14.9. The summed E-state index contributed by atoms with van der Waals surface area (Å²) in [5, 5.41) is 4.70. The van der Waals surface area contributed by atoms with Gasteiger partial charge in [-0.05, 0) is 27.2 Å². The molecule has 0 aliphatic carbocycles. The summed E-state index contributed by atoms with van der Waals surface area (Å²) in [6.45, 7) is 12.3. The van der Waals surface area contributed by atoms with Crippen LogP contribution in [-0.2, 0) is 6.42 Å². The van der Waals surface area contributed by atoms with Crippen molar-refractivity contribution in [2.75, 3.05) is 0 Å². The lowest BCUT2D eigenvalue weighted by Crippen LogP contribution is -2.26. The third-order valence-corrected chi connectivity index (χ3v) is 3.92. The van der Waals surface area contributed by atoms with Gasteiger partial charge >= 0.3 is 0 Å². The summed E-state index contributed by atoms with van der Waals surface area (Å²) in [6.07, 6.45) is 2.95. The maximum absolute atomic E-state index is 4.54. The number of thiazole rings is 1. The van der Waals surface area contributed by atoms with Gasteiger partial charge in [-0.2, -0.15) is 0 Å². The van der Waals surface area contributed by atoms with Crippen molar-refractivity contribution in [3.63, 3.8) is 0 Å². The van der Waals surface area contributed by atoms with Crippen LogP contribution >= 0.6 is 11.3 Å². The molecule has 0 fully saturated rings. The zero-order valence-electron chi connectivity index (χ0n) is 10.0. The molecule has 1 rings (SSSR count). The standard InChI is InChI=1S/C12H20N2S/c1-6-8(3)13-9(4)12-10(5)14-11(7-2)15-12/h6,8-9,13H,1,7H2,2-5H3. The number of hydrogen-bond donors (Lipinski definition) is 1. The van der Waals surface area contributed by atoms with E-state index in [0.717, 1.165) is 12.1 Å². The van der Waals surface area contributed by atoms with E-state index in [9.17, 15) is 0 Å². The quantitative estimate of drug-likeness (QED) is 0.777. The van der Waals surface area contributed by atoms with Crippen LogP contribution in [0.2, 0.25) is 0 Å². The van der Waals surface area contributed by atoms with Gasteiger partial charge in [0.25, 0.3) is 0 Å². The Balaban J connectivity index is 2.76. The fourth-order valence-corrected chi connectivity index (χ4v) is 2.58. The van der Waals surface area contributed by atoms with Crippen molar-refractivity contribution in [3.05, 3.63) is 28.2 Å². The maximum Gasteiger partial charge on any atom is 0.0928 e. The molecule has 1 aromatic rings. The van der Waals surface area contributed by atoms with Gasteiger partial charge in [-0.25, -0.2) is 4.98 Å². The fourth-order valence-electron chi connectivity index (χ4n) is 1.56. The Kier molecular flexibility index (Phi) is 4.48. The highest BCUT2D eigenvalue weighted by molar-refractivity contribution is 7.11. The number of hydrogen-bond acceptors (Lipinski definition) is 3. The highest BCUT2D eigenvalue weighted by Gasteiger charge is 2.14. The highest BCUT2D eigenvalue weighted by atomic mass is 32.1. The van der Waals surface area contributed by atoms with Crippen molar-refractivity contribution >= 4 is 11.3 Å². The molecular weight excluding hydrogens is 204 g/mol. The lowest BCUT2D eigenvalue weighted by Gasteiger charge is -2.16. The fraction of sp³-hybridized carbons (Fsp3) is 0.583. The van der Waals surface area contributed by atoms with Gasteiger partial charge in [-0.3, -0.25) is 0 Å². The predicted octanol–water partition coefficient (Wildman–Crippen LogP) is 3.24. The molecule has 0 aliphatic rings. The minimum Gasteiger partial charge on any atom is -0.303 e. The van der Waals surface area contributed by atoms with Gasteiger partial charge in [-0.1, -0.05) is 13.0 Å². The van der Waals surface area contributed by atoms with Gasteiger partial charge in [0.2, 0.25) is 0 Å². The third-order valence-electron chi connectivity index (χ3n) is 2.44. The molecule has 2 nitrogen and oxygen atoms in total. The van der Waals surface area contributed by atoms with Crippen LogP contribution in [0, 0.1) is 6.92 Å². The largest absolute Gasteiger partial charge is 0.303 e. The van der Waals surface area contributed by atoms with Gasteiger partial charge in [0.1, 0.15) is 0 Å². The predicted molar refractivity (Wildman–Crippen MR) is 67.4 cm³/mol. The smallest absolute Gasteiger partial charge is 0.0928 e. The van der Waals surface area contributed by atoms with E-state index in [-0.39, 0.29) is 0 Å². The Morgan fingerprint density at radius 2 is 2.20 bits per heavy atom. The summed E-state index contributed by atoms with van der Waals surface area (Å²) in [6, 6.07) is 0.697. The van der Waals surface area contributed by atoms with Crippen LogP contribution in [0.3, 0.4) is 0 Å². The average Bonchev–Trinajstić information content (AvgIpc) is 2.59. The zero-order valence-corrected chi connectivity index (χ0v) is 10.8. The van der Waals surface area contributed by atoms with E-state index in [4.69, 9.17) is 0 Å². The number of aryl methyl sites for hydroxylation is 2. The molecule has 0 saturated heterocycles. The van der Waals surface area contributed by atoms with E-state index in [2.05, 4.69) is 44.6 Å². The van der Waals surface area contributed by atoms with E-state index < -0.39 is 0 Å². The van der Waals surface area contributed by atoms with Crippen LogP contribution in [0.4, 0.5) is 0 Å². The van der Waals surface area contributed by atoms with Crippen molar-refractivity contribution < 1.29 is 0 Å². The van der Waals surface area contributed by atoms with Gasteiger partial charge in [0, 0.05) is 17.0 Å². The second-order valence-corrected chi connectivity index (χ2v) is 4.94. The van der Waals surface area contributed by atoms with E-state index in [1.807, 2.05) is 17.4 Å². The van der Waals surface area contributed by atoms with Gasteiger partial charge < -0.3 is 5.32 Å². The molecule has 0 amide bonds. The van der Waals surface area contributed by atoms with Gasteiger partial charge in [0.05, 0.1) is 10.7 Å². The molecule has 84 valence electrons. The first-order chi connectivity index (χ1) is 7.08. The SMILES string of the molecule is C=CC(C)NC(C)c1sc(CC)nc1C.